The zero-order valence-corrected chi connectivity index (χ0v) is 15.3. The van der Waals surface area contributed by atoms with E-state index in [0.29, 0.717) is 0 Å². The van der Waals surface area contributed by atoms with Gasteiger partial charge in [0.1, 0.15) is 17.6 Å². The SMILES string of the molecule is CCCCOc1ccc(NCC(C)Oc2c(C)cccc2C)cc1. The van der Waals surface area contributed by atoms with E-state index in [0.717, 1.165) is 43.2 Å². The van der Waals surface area contributed by atoms with Crippen molar-refractivity contribution < 1.29 is 9.47 Å². The lowest BCUT2D eigenvalue weighted by molar-refractivity contribution is 0.231. The number of ether oxygens (including phenoxy) is 2. The molecule has 0 radical (unpaired) electrons. The number of aryl methyl sites for hydroxylation is 2. The van der Waals surface area contributed by atoms with E-state index in [1.165, 1.54) is 11.1 Å². The van der Waals surface area contributed by atoms with Crippen LogP contribution >= 0.6 is 0 Å². The maximum Gasteiger partial charge on any atom is 0.125 e. The average Bonchev–Trinajstić information content (AvgIpc) is 2.58. The Balaban J connectivity index is 1.82. The van der Waals surface area contributed by atoms with Crippen LogP contribution in [0.3, 0.4) is 0 Å². The summed E-state index contributed by atoms with van der Waals surface area (Å²) < 4.78 is 11.8. The van der Waals surface area contributed by atoms with Crippen molar-refractivity contribution in [2.45, 2.75) is 46.6 Å². The van der Waals surface area contributed by atoms with Crippen LogP contribution in [0.5, 0.6) is 11.5 Å². The monoisotopic (exact) mass is 327 g/mol. The molecule has 3 heteroatoms. The lowest BCUT2D eigenvalue weighted by atomic mass is 10.1. The Morgan fingerprint density at radius 1 is 1.00 bits per heavy atom. The van der Waals surface area contributed by atoms with Gasteiger partial charge in [-0.15, -0.1) is 0 Å². The van der Waals surface area contributed by atoms with Crippen LogP contribution in [0.4, 0.5) is 5.69 Å². The van der Waals surface area contributed by atoms with E-state index in [-0.39, 0.29) is 6.10 Å². The first-order chi connectivity index (χ1) is 11.6. The van der Waals surface area contributed by atoms with Crippen molar-refractivity contribution in [1.29, 1.82) is 0 Å². The van der Waals surface area contributed by atoms with Gasteiger partial charge in [-0.05, 0) is 62.6 Å². The first-order valence-electron chi connectivity index (χ1n) is 8.79. The molecule has 1 atom stereocenters. The molecule has 130 valence electrons. The summed E-state index contributed by atoms with van der Waals surface area (Å²) in [5.74, 6) is 1.92. The molecule has 2 aromatic carbocycles. The normalized spacial score (nSPS) is 11.8. The summed E-state index contributed by atoms with van der Waals surface area (Å²) in [5, 5.41) is 3.42. The molecule has 0 saturated carbocycles. The van der Waals surface area contributed by atoms with Crippen LogP contribution in [-0.2, 0) is 0 Å². The molecular weight excluding hydrogens is 298 g/mol. The van der Waals surface area contributed by atoms with Gasteiger partial charge in [-0.2, -0.15) is 0 Å². The lowest BCUT2D eigenvalue weighted by Crippen LogP contribution is -2.23. The van der Waals surface area contributed by atoms with Gasteiger partial charge in [0.2, 0.25) is 0 Å². The Labute approximate surface area is 146 Å². The molecule has 1 N–H and O–H groups in total. The summed E-state index contributed by atoms with van der Waals surface area (Å²) in [6.45, 7) is 9.95. The summed E-state index contributed by atoms with van der Waals surface area (Å²) in [4.78, 5) is 0. The third-order valence-electron chi connectivity index (χ3n) is 3.94. The number of para-hydroxylation sites is 1. The summed E-state index contributed by atoms with van der Waals surface area (Å²) in [7, 11) is 0. The van der Waals surface area contributed by atoms with Gasteiger partial charge in [-0.1, -0.05) is 31.5 Å². The third kappa shape index (κ3) is 5.48. The van der Waals surface area contributed by atoms with E-state index in [1.807, 2.05) is 24.3 Å². The number of hydrogen-bond acceptors (Lipinski definition) is 3. The van der Waals surface area contributed by atoms with Crippen LogP contribution in [0, 0.1) is 13.8 Å². The van der Waals surface area contributed by atoms with Crippen molar-refractivity contribution in [1.82, 2.24) is 0 Å². The number of benzene rings is 2. The van der Waals surface area contributed by atoms with Crippen molar-refractivity contribution in [3.8, 4) is 11.5 Å². The Kier molecular flexibility index (Phi) is 6.98. The van der Waals surface area contributed by atoms with Crippen molar-refractivity contribution >= 4 is 5.69 Å². The zero-order chi connectivity index (χ0) is 17.4. The summed E-state index contributed by atoms with van der Waals surface area (Å²) in [6.07, 6.45) is 2.33. The van der Waals surface area contributed by atoms with Crippen LogP contribution in [0.25, 0.3) is 0 Å². The zero-order valence-electron chi connectivity index (χ0n) is 15.3. The molecule has 0 saturated heterocycles. The second-order valence-electron chi connectivity index (χ2n) is 6.26. The first-order valence-corrected chi connectivity index (χ1v) is 8.79. The number of rotatable bonds is 9. The summed E-state index contributed by atoms with van der Waals surface area (Å²) >= 11 is 0. The van der Waals surface area contributed by atoms with Crippen LogP contribution in [0.2, 0.25) is 0 Å². The maximum atomic E-state index is 6.10. The second-order valence-corrected chi connectivity index (χ2v) is 6.26. The van der Waals surface area contributed by atoms with Crippen LogP contribution < -0.4 is 14.8 Å². The molecule has 0 aliphatic carbocycles. The minimum absolute atomic E-state index is 0.0882. The van der Waals surface area contributed by atoms with E-state index >= 15 is 0 Å². The largest absolute Gasteiger partial charge is 0.494 e. The standard InChI is InChI=1S/C21H29NO2/c1-5-6-14-23-20-12-10-19(11-13-20)22-15-18(4)24-21-16(2)8-7-9-17(21)3/h7-13,18,22H,5-6,14-15H2,1-4H3. The predicted octanol–water partition coefficient (Wildman–Crippen LogP) is 5.36. The highest BCUT2D eigenvalue weighted by Gasteiger charge is 2.08. The van der Waals surface area contributed by atoms with Gasteiger partial charge < -0.3 is 14.8 Å². The highest BCUT2D eigenvalue weighted by Crippen LogP contribution is 2.23. The molecule has 1 unspecified atom stereocenters. The van der Waals surface area contributed by atoms with Gasteiger partial charge in [0, 0.05) is 5.69 Å². The number of anilines is 1. The molecule has 0 aromatic heterocycles. The fourth-order valence-corrected chi connectivity index (χ4v) is 2.49. The molecule has 0 amide bonds. The average molecular weight is 327 g/mol. The quantitative estimate of drug-likeness (QED) is 0.629. The van der Waals surface area contributed by atoms with Crippen LogP contribution in [0.1, 0.15) is 37.8 Å². The molecule has 2 aromatic rings. The van der Waals surface area contributed by atoms with E-state index in [9.17, 15) is 0 Å². The molecule has 24 heavy (non-hydrogen) atoms. The van der Waals surface area contributed by atoms with Gasteiger partial charge in [0.05, 0.1) is 13.2 Å². The molecule has 0 heterocycles. The van der Waals surface area contributed by atoms with E-state index < -0.39 is 0 Å². The Hall–Kier alpha value is -2.16. The minimum atomic E-state index is 0.0882. The molecule has 0 spiro atoms. The predicted molar refractivity (Wildman–Crippen MR) is 101 cm³/mol. The first kappa shape index (κ1) is 18.2. The number of unbranched alkanes of at least 4 members (excludes halogenated alkanes) is 1. The Morgan fingerprint density at radius 3 is 2.29 bits per heavy atom. The van der Waals surface area contributed by atoms with Gasteiger partial charge in [-0.25, -0.2) is 0 Å². The van der Waals surface area contributed by atoms with E-state index in [1.54, 1.807) is 0 Å². The molecule has 0 aliphatic rings. The van der Waals surface area contributed by atoms with E-state index in [4.69, 9.17) is 9.47 Å². The minimum Gasteiger partial charge on any atom is -0.494 e. The highest BCUT2D eigenvalue weighted by molar-refractivity contribution is 5.46. The fraction of sp³-hybridized carbons (Fsp3) is 0.429. The van der Waals surface area contributed by atoms with Crippen molar-refractivity contribution in [2.24, 2.45) is 0 Å². The van der Waals surface area contributed by atoms with Crippen molar-refractivity contribution in [3.05, 3.63) is 53.6 Å². The van der Waals surface area contributed by atoms with E-state index in [2.05, 4.69) is 51.2 Å². The molecule has 0 bridgehead atoms. The Morgan fingerprint density at radius 2 is 1.67 bits per heavy atom. The smallest absolute Gasteiger partial charge is 0.125 e. The van der Waals surface area contributed by atoms with Crippen molar-refractivity contribution in [3.63, 3.8) is 0 Å². The number of nitrogens with one attached hydrogen (secondary N) is 1. The summed E-state index contributed by atoms with van der Waals surface area (Å²) in [5.41, 5.74) is 3.43. The van der Waals surface area contributed by atoms with Crippen LogP contribution in [0.15, 0.2) is 42.5 Å². The second kappa shape index (κ2) is 9.21. The molecule has 3 nitrogen and oxygen atoms in total. The topological polar surface area (TPSA) is 30.5 Å². The molecule has 0 fully saturated rings. The van der Waals surface area contributed by atoms with Gasteiger partial charge in [0.25, 0.3) is 0 Å². The molecule has 2 rings (SSSR count). The Bertz CT molecular complexity index is 602. The highest BCUT2D eigenvalue weighted by atomic mass is 16.5. The van der Waals surface area contributed by atoms with Gasteiger partial charge >= 0.3 is 0 Å². The van der Waals surface area contributed by atoms with Gasteiger partial charge in [-0.3, -0.25) is 0 Å². The third-order valence-corrected chi connectivity index (χ3v) is 3.94. The van der Waals surface area contributed by atoms with Crippen LogP contribution in [-0.4, -0.2) is 19.3 Å². The lowest BCUT2D eigenvalue weighted by Gasteiger charge is -2.19. The van der Waals surface area contributed by atoms with Gasteiger partial charge in [0.15, 0.2) is 0 Å². The fourth-order valence-electron chi connectivity index (χ4n) is 2.49. The summed E-state index contributed by atoms with van der Waals surface area (Å²) in [6, 6.07) is 14.3. The number of hydrogen-bond donors (Lipinski definition) is 1. The van der Waals surface area contributed by atoms with Crippen molar-refractivity contribution in [2.75, 3.05) is 18.5 Å². The molecule has 0 aliphatic heterocycles. The molecular formula is C21H29NO2. The maximum absolute atomic E-state index is 6.10.